The quantitative estimate of drug-likeness (QED) is 0.276. The molecule has 13 heavy (non-hydrogen) atoms. The van der Waals surface area contributed by atoms with E-state index in [0.717, 1.165) is 19.3 Å². The van der Waals surface area contributed by atoms with Crippen LogP contribution in [0.3, 0.4) is 0 Å². The van der Waals surface area contributed by atoms with Crippen LogP contribution in [0.1, 0.15) is 25.7 Å². The molecule has 0 rings (SSSR count). The molecule has 0 radical (unpaired) electrons. The Bertz CT molecular complexity index is 203. The van der Waals surface area contributed by atoms with Crippen molar-refractivity contribution in [1.82, 2.24) is 0 Å². The van der Waals surface area contributed by atoms with Gasteiger partial charge in [0.2, 0.25) is 0 Å². The average Bonchev–Trinajstić information content (AvgIpc) is 1.93. The predicted molar refractivity (Wildman–Crippen MR) is 58.0 cm³/mol. The van der Waals surface area contributed by atoms with Crippen LogP contribution < -0.4 is 0 Å². The first-order valence-electron chi connectivity index (χ1n) is 3.84. The summed E-state index contributed by atoms with van der Waals surface area (Å²) in [5.74, 6) is 0. The molecule has 0 bridgehead atoms. The third-order valence-corrected chi connectivity index (χ3v) is 2.24. The van der Waals surface area contributed by atoms with Crippen LogP contribution in [0.25, 0.3) is 0 Å². The maximum absolute atomic E-state index is 10.2. The van der Waals surface area contributed by atoms with E-state index in [1.807, 2.05) is 0 Å². The fraction of sp³-hybridized carbons (Fsp3) is 0.833. The minimum absolute atomic E-state index is 0.0869. The van der Waals surface area contributed by atoms with Crippen LogP contribution in [0.4, 0.5) is 0 Å². The van der Waals surface area contributed by atoms with Crippen molar-refractivity contribution < 1.29 is 18.9 Å². The Morgan fingerprint density at radius 2 is 2.00 bits per heavy atom. The van der Waals surface area contributed by atoms with Crippen molar-refractivity contribution >= 4 is 36.9 Å². The normalized spacial score (nSPS) is 11.6. The maximum Gasteiger partial charge on any atom is 0.469 e. The zero-order chi connectivity index (χ0) is 10.3. The lowest BCUT2D eigenvalue weighted by atomic mass is 10.2. The standard InChI is InChI=1S/C6H13O4PS2/c7-11(8,9)10-5-3-1-2-4-6(12)13/h1-5H2,(H,12,13)(H2,7,8,9). The largest absolute Gasteiger partial charge is 0.469 e. The number of hydrogen-bond acceptors (Lipinski definition) is 3. The first kappa shape index (κ1) is 13.5. The van der Waals surface area contributed by atoms with Gasteiger partial charge < -0.3 is 9.79 Å². The summed E-state index contributed by atoms with van der Waals surface area (Å²) in [4.78, 5) is 16.6. The molecule has 4 nitrogen and oxygen atoms in total. The summed E-state index contributed by atoms with van der Waals surface area (Å²) in [6.45, 7) is 0.0869. The number of thiol groups is 1. The van der Waals surface area contributed by atoms with Crippen molar-refractivity contribution in [3.8, 4) is 0 Å². The van der Waals surface area contributed by atoms with E-state index in [9.17, 15) is 4.57 Å². The molecule has 0 fully saturated rings. The molecule has 2 N–H and O–H groups in total. The van der Waals surface area contributed by atoms with Gasteiger partial charge in [0.15, 0.2) is 0 Å². The molecule has 0 amide bonds. The van der Waals surface area contributed by atoms with Gasteiger partial charge in [-0.25, -0.2) is 4.57 Å². The number of thiocarbonyl (C=S) groups is 1. The molecule has 0 aliphatic rings. The minimum Gasteiger partial charge on any atom is -0.303 e. The Hall–Kier alpha value is 0.550. The SMILES string of the molecule is O=P(O)(O)OCCCCCC(=S)S. The molecule has 0 aromatic carbocycles. The molecule has 0 saturated carbocycles. The summed E-state index contributed by atoms with van der Waals surface area (Å²) in [5, 5.41) is 0. The fourth-order valence-electron chi connectivity index (χ4n) is 0.739. The van der Waals surface area contributed by atoms with Crippen LogP contribution >= 0.6 is 32.7 Å². The second-order valence-electron chi connectivity index (χ2n) is 2.53. The van der Waals surface area contributed by atoms with Gasteiger partial charge in [-0.05, 0) is 19.3 Å². The van der Waals surface area contributed by atoms with Gasteiger partial charge in [0.05, 0.1) is 6.61 Å². The van der Waals surface area contributed by atoms with Gasteiger partial charge in [-0.3, -0.25) is 4.52 Å². The van der Waals surface area contributed by atoms with Crippen molar-refractivity contribution in [1.29, 1.82) is 0 Å². The number of rotatable bonds is 7. The van der Waals surface area contributed by atoms with Crippen molar-refractivity contribution in [3.05, 3.63) is 0 Å². The zero-order valence-corrected chi connectivity index (χ0v) is 9.65. The van der Waals surface area contributed by atoms with E-state index in [0.29, 0.717) is 10.6 Å². The Labute approximate surface area is 88.3 Å². The van der Waals surface area contributed by atoms with Crippen LogP contribution in [0, 0.1) is 0 Å². The number of phosphoric ester groups is 1. The number of hydrogen-bond donors (Lipinski definition) is 3. The van der Waals surface area contributed by atoms with Crippen LogP contribution in [-0.4, -0.2) is 20.6 Å². The monoisotopic (exact) mass is 244 g/mol. The third kappa shape index (κ3) is 12.5. The highest BCUT2D eigenvalue weighted by molar-refractivity contribution is 8.11. The van der Waals surface area contributed by atoms with E-state index in [4.69, 9.17) is 22.0 Å². The molecule has 0 aliphatic carbocycles. The Morgan fingerprint density at radius 3 is 2.46 bits per heavy atom. The first-order valence-corrected chi connectivity index (χ1v) is 6.22. The smallest absolute Gasteiger partial charge is 0.303 e. The lowest BCUT2D eigenvalue weighted by Crippen LogP contribution is -1.92. The molecule has 7 heteroatoms. The van der Waals surface area contributed by atoms with Gasteiger partial charge >= 0.3 is 7.82 Å². The van der Waals surface area contributed by atoms with Crippen molar-refractivity contribution in [2.24, 2.45) is 0 Å². The summed E-state index contributed by atoms with van der Waals surface area (Å²) >= 11 is 8.69. The Kier molecular flexibility index (Phi) is 7.22. The van der Waals surface area contributed by atoms with E-state index < -0.39 is 7.82 Å². The minimum atomic E-state index is -4.27. The second kappa shape index (κ2) is 6.92. The molecule has 0 spiro atoms. The summed E-state index contributed by atoms with van der Waals surface area (Å²) in [7, 11) is -4.27. The predicted octanol–water partition coefficient (Wildman–Crippen LogP) is 1.91. The van der Waals surface area contributed by atoms with Gasteiger partial charge in [0, 0.05) is 4.20 Å². The topological polar surface area (TPSA) is 66.8 Å². The van der Waals surface area contributed by atoms with Crippen molar-refractivity contribution in [2.75, 3.05) is 6.61 Å². The Morgan fingerprint density at radius 1 is 1.38 bits per heavy atom. The fourth-order valence-corrected chi connectivity index (χ4v) is 1.41. The Balaban J connectivity index is 3.18. The van der Waals surface area contributed by atoms with E-state index in [1.54, 1.807) is 0 Å². The highest BCUT2D eigenvalue weighted by Crippen LogP contribution is 2.35. The molecular weight excluding hydrogens is 231 g/mol. The highest BCUT2D eigenvalue weighted by atomic mass is 32.1. The zero-order valence-electron chi connectivity index (χ0n) is 7.05. The summed E-state index contributed by atoms with van der Waals surface area (Å²) in [5.41, 5.74) is 0. The molecule has 0 heterocycles. The van der Waals surface area contributed by atoms with Crippen molar-refractivity contribution in [2.45, 2.75) is 25.7 Å². The van der Waals surface area contributed by atoms with Gasteiger partial charge in [0.1, 0.15) is 0 Å². The number of phosphoric acid groups is 1. The van der Waals surface area contributed by atoms with E-state index >= 15 is 0 Å². The number of unbranched alkanes of at least 4 members (excludes halogenated alkanes) is 2. The van der Waals surface area contributed by atoms with Gasteiger partial charge in [-0.15, -0.1) is 12.6 Å². The summed E-state index contributed by atoms with van der Waals surface area (Å²) in [6.07, 6.45) is 3.10. The first-order chi connectivity index (χ1) is 5.92. The summed E-state index contributed by atoms with van der Waals surface area (Å²) < 4.78 is 15.1. The van der Waals surface area contributed by atoms with Crippen LogP contribution in [-0.2, 0) is 9.09 Å². The van der Waals surface area contributed by atoms with Crippen molar-refractivity contribution in [3.63, 3.8) is 0 Å². The molecule has 0 atom stereocenters. The van der Waals surface area contributed by atoms with Crippen LogP contribution in [0.15, 0.2) is 0 Å². The van der Waals surface area contributed by atoms with Gasteiger partial charge in [0.25, 0.3) is 0 Å². The van der Waals surface area contributed by atoms with Crippen LogP contribution in [0.2, 0.25) is 0 Å². The second-order valence-corrected chi connectivity index (χ2v) is 5.10. The molecule has 78 valence electrons. The van der Waals surface area contributed by atoms with Gasteiger partial charge in [-0.2, -0.15) is 0 Å². The summed E-state index contributed by atoms with van der Waals surface area (Å²) in [6, 6.07) is 0. The maximum atomic E-state index is 10.2. The highest BCUT2D eigenvalue weighted by Gasteiger charge is 2.12. The average molecular weight is 244 g/mol. The van der Waals surface area contributed by atoms with Crippen LogP contribution in [0.5, 0.6) is 0 Å². The van der Waals surface area contributed by atoms with E-state index in [1.165, 1.54) is 0 Å². The molecule has 0 aromatic rings. The lowest BCUT2D eigenvalue weighted by molar-refractivity contribution is 0.193. The van der Waals surface area contributed by atoms with E-state index in [2.05, 4.69) is 17.2 Å². The third-order valence-electron chi connectivity index (χ3n) is 1.29. The molecular formula is C6H13O4PS2. The van der Waals surface area contributed by atoms with Gasteiger partial charge in [-0.1, -0.05) is 18.6 Å². The molecule has 0 aliphatic heterocycles. The molecule has 0 unspecified atom stereocenters. The molecule has 0 aromatic heterocycles. The molecule has 0 saturated heterocycles. The lowest BCUT2D eigenvalue weighted by Gasteiger charge is -2.04. The van der Waals surface area contributed by atoms with E-state index in [-0.39, 0.29) is 6.61 Å².